The first-order valence-electron chi connectivity index (χ1n) is 6.47. The second-order valence-corrected chi connectivity index (χ2v) is 4.86. The topological polar surface area (TPSA) is 44.5 Å². The molecule has 1 aromatic rings. The van der Waals surface area contributed by atoms with Crippen LogP contribution in [-0.2, 0) is 4.74 Å². The summed E-state index contributed by atoms with van der Waals surface area (Å²) in [6.45, 7) is 0. The Morgan fingerprint density at radius 2 is 2.00 bits per heavy atom. The number of nitrogens with two attached hydrogens (primary N) is 1. The maximum Gasteiger partial charge on any atom is 0.267 e. The van der Waals surface area contributed by atoms with Gasteiger partial charge in [0.05, 0.1) is 11.7 Å². The van der Waals surface area contributed by atoms with Gasteiger partial charge in [0.2, 0.25) is 0 Å². The van der Waals surface area contributed by atoms with Crippen molar-refractivity contribution in [2.45, 2.75) is 44.3 Å². The number of hydrogen-bond acceptors (Lipinski definition) is 3. The molecule has 2 N–H and O–H groups in total. The third-order valence-corrected chi connectivity index (χ3v) is 3.47. The first kappa shape index (κ1) is 14.1. The third kappa shape index (κ3) is 3.56. The second kappa shape index (κ2) is 6.19. The molecule has 0 radical (unpaired) electrons. The molecule has 0 aromatic heterocycles. The van der Waals surface area contributed by atoms with Crippen molar-refractivity contribution in [3.8, 4) is 5.75 Å². The van der Waals surface area contributed by atoms with E-state index in [2.05, 4.69) is 0 Å². The number of halogens is 2. The Balaban J connectivity index is 2.10. The summed E-state index contributed by atoms with van der Waals surface area (Å²) in [7, 11) is 1.67. The van der Waals surface area contributed by atoms with Gasteiger partial charge in [0.1, 0.15) is 11.9 Å². The number of rotatable bonds is 4. The van der Waals surface area contributed by atoms with Gasteiger partial charge >= 0.3 is 0 Å². The molecule has 0 spiro atoms. The molecule has 106 valence electrons. The predicted molar refractivity (Wildman–Crippen MR) is 69.5 cm³/mol. The molecule has 1 aliphatic rings. The predicted octanol–water partition coefficient (Wildman–Crippen LogP) is 3.54. The number of ether oxygens (including phenoxy) is 2. The molecule has 2 atom stereocenters. The van der Waals surface area contributed by atoms with E-state index in [4.69, 9.17) is 15.2 Å². The van der Waals surface area contributed by atoms with Crippen LogP contribution in [0.2, 0.25) is 0 Å². The number of benzene rings is 1. The van der Waals surface area contributed by atoms with Gasteiger partial charge in [-0.15, -0.1) is 0 Å². The van der Waals surface area contributed by atoms with Crippen LogP contribution < -0.4 is 10.5 Å². The van der Waals surface area contributed by atoms with Crippen LogP contribution >= 0.6 is 0 Å². The van der Waals surface area contributed by atoms with E-state index in [1.54, 1.807) is 13.2 Å². The highest BCUT2D eigenvalue weighted by atomic mass is 19.3. The van der Waals surface area contributed by atoms with Crippen LogP contribution in [0.3, 0.4) is 0 Å². The van der Waals surface area contributed by atoms with Crippen molar-refractivity contribution in [2.24, 2.45) is 0 Å². The summed E-state index contributed by atoms with van der Waals surface area (Å²) in [5, 5.41) is 0. The Morgan fingerprint density at radius 3 is 2.68 bits per heavy atom. The van der Waals surface area contributed by atoms with Crippen molar-refractivity contribution in [3.05, 3.63) is 23.8 Å². The fraction of sp³-hybridized carbons (Fsp3) is 0.571. The molecule has 0 bridgehead atoms. The van der Waals surface area contributed by atoms with Gasteiger partial charge < -0.3 is 15.2 Å². The monoisotopic (exact) mass is 271 g/mol. The standard InChI is InChI=1S/C14H19F2NO2/c1-18-10-3-2-4-11(8-10)19-13-6-5-9(17)7-12(13)14(15)16/h5-7,10-11,14H,2-4,8,17H2,1H3. The van der Waals surface area contributed by atoms with Crippen LogP contribution in [0.25, 0.3) is 0 Å². The van der Waals surface area contributed by atoms with Gasteiger partial charge in [-0.1, -0.05) is 0 Å². The highest BCUT2D eigenvalue weighted by Crippen LogP contribution is 2.33. The van der Waals surface area contributed by atoms with E-state index in [-0.39, 0.29) is 23.5 Å². The first-order valence-corrected chi connectivity index (χ1v) is 6.47. The van der Waals surface area contributed by atoms with Gasteiger partial charge in [0, 0.05) is 19.2 Å². The molecule has 0 aliphatic heterocycles. The molecular formula is C14H19F2NO2. The minimum atomic E-state index is -2.58. The van der Waals surface area contributed by atoms with Crippen LogP contribution in [0, 0.1) is 0 Å². The molecule has 0 amide bonds. The summed E-state index contributed by atoms with van der Waals surface area (Å²) in [4.78, 5) is 0. The zero-order valence-electron chi connectivity index (χ0n) is 10.9. The van der Waals surface area contributed by atoms with Crippen molar-refractivity contribution >= 4 is 5.69 Å². The summed E-state index contributed by atoms with van der Waals surface area (Å²) < 4.78 is 36.9. The molecule has 2 rings (SSSR count). The van der Waals surface area contributed by atoms with Gasteiger partial charge in [0.25, 0.3) is 6.43 Å². The van der Waals surface area contributed by atoms with Gasteiger partial charge in [-0.2, -0.15) is 0 Å². The SMILES string of the molecule is COC1CCCC(Oc2ccc(N)cc2C(F)F)C1. The summed E-state index contributed by atoms with van der Waals surface area (Å²) in [5.74, 6) is 0.228. The lowest BCUT2D eigenvalue weighted by Crippen LogP contribution is -2.29. The Kier molecular flexibility index (Phi) is 4.58. The van der Waals surface area contributed by atoms with Crippen LogP contribution in [0.1, 0.15) is 37.7 Å². The largest absolute Gasteiger partial charge is 0.490 e. The average Bonchev–Trinajstić information content (AvgIpc) is 2.41. The quantitative estimate of drug-likeness (QED) is 0.852. The second-order valence-electron chi connectivity index (χ2n) is 4.86. The lowest BCUT2D eigenvalue weighted by Gasteiger charge is -2.29. The fourth-order valence-electron chi connectivity index (χ4n) is 2.45. The van der Waals surface area contributed by atoms with Crippen LogP contribution in [0.5, 0.6) is 5.75 Å². The lowest BCUT2D eigenvalue weighted by molar-refractivity contribution is 0.0194. The van der Waals surface area contributed by atoms with Crippen LogP contribution in [0.4, 0.5) is 14.5 Å². The maximum atomic E-state index is 12.9. The first-order chi connectivity index (χ1) is 9.10. The smallest absolute Gasteiger partial charge is 0.267 e. The Bertz CT molecular complexity index is 426. The van der Waals surface area contributed by atoms with E-state index in [1.165, 1.54) is 12.1 Å². The Morgan fingerprint density at radius 1 is 1.26 bits per heavy atom. The van der Waals surface area contributed by atoms with Gasteiger partial charge in [-0.3, -0.25) is 0 Å². The molecule has 1 aromatic carbocycles. The Hall–Kier alpha value is -1.36. The minimum Gasteiger partial charge on any atom is -0.490 e. The molecule has 0 heterocycles. The van der Waals surface area contributed by atoms with Crippen molar-refractivity contribution in [1.82, 2.24) is 0 Å². The fourth-order valence-corrected chi connectivity index (χ4v) is 2.45. The normalized spacial score (nSPS) is 23.6. The molecule has 19 heavy (non-hydrogen) atoms. The van der Waals surface area contributed by atoms with Crippen LogP contribution in [-0.4, -0.2) is 19.3 Å². The van der Waals surface area contributed by atoms with Crippen molar-refractivity contribution in [3.63, 3.8) is 0 Å². The van der Waals surface area contributed by atoms with E-state index in [9.17, 15) is 8.78 Å². The van der Waals surface area contributed by atoms with Gasteiger partial charge in [0.15, 0.2) is 0 Å². The van der Waals surface area contributed by atoms with E-state index >= 15 is 0 Å². The average molecular weight is 271 g/mol. The van der Waals surface area contributed by atoms with Gasteiger partial charge in [-0.25, -0.2) is 8.78 Å². The third-order valence-electron chi connectivity index (χ3n) is 3.47. The molecule has 2 unspecified atom stereocenters. The molecular weight excluding hydrogens is 252 g/mol. The van der Waals surface area contributed by atoms with E-state index in [0.29, 0.717) is 5.69 Å². The van der Waals surface area contributed by atoms with Crippen LogP contribution in [0.15, 0.2) is 18.2 Å². The molecule has 1 fully saturated rings. The van der Waals surface area contributed by atoms with Crippen molar-refractivity contribution in [2.75, 3.05) is 12.8 Å². The van der Waals surface area contributed by atoms with Crippen molar-refractivity contribution in [1.29, 1.82) is 0 Å². The summed E-state index contributed by atoms with van der Waals surface area (Å²) in [6, 6.07) is 4.38. The number of methoxy groups -OCH3 is 1. The number of hydrogen-bond donors (Lipinski definition) is 1. The number of nitrogen functional groups attached to an aromatic ring is 1. The van der Waals surface area contributed by atoms with E-state index in [1.807, 2.05) is 0 Å². The van der Waals surface area contributed by atoms with E-state index in [0.717, 1.165) is 25.7 Å². The highest BCUT2D eigenvalue weighted by Gasteiger charge is 2.25. The lowest BCUT2D eigenvalue weighted by atomic mass is 9.95. The highest BCUT2D eigenvalue weighted by molar-refractivity contribution is 5.48. The minimum absolute atomic E-state index is 0.0696. The number of anilines is 1. The zero-order valence-corrected chi connectivity index (χ0v) is 10.9. The van der Waals surface area contributed by atoms with Crippen molar-refractivity contribution < 1.29 is 18.3 Å². The Labute approximate surface area is 111 Å². The number of alkyl halides is 2. The molecule has 1 aliphatic carbocycles. The van der Waals surface area contributed by atoms with E-state index < -0.39 is 6.43 Å². The molecule has 3 nitrogen and oxygen atoms in total. The summed E-state index contributed by atoms with van der Waals surface area (Å²) in [6.07, 6.45) is 1.10. The zero-order chi connectivity index (χ0) is 13.8. The molecule has 0 saturated heterocycles. The van der Waals surface area contributed by atoms with Gasteiger partial charge in [-0.05, 0) is 37.5 Å². The molecule has 5 heteroatoms. The molecule has 1 saturated carbocycles. The summed E-state index contributed by atoms with van der Waals surface area (Å²) in [5.41, 5.74) is 5.71. The maximum absolute atomic E-state index is 12.9. The summed E-state index contributed by atoms with van der Waals surface area (Å²) >= 11 is 0.